The van der Waals surface area contributed by atoms with Crippen LogP contribution >= 0.6 is 11.3 Å². The normalized spacial score (nSPS) is 11.2. The van der Waals surface area contributed by atoms with Crippen molar-refractivity contribution in [2.24, 2.45) is 0 Å². The number of pyridine rings is 1. The van der Waals surface area contributed by atoms with E-state index < -0.39 is 0 Å². The largest absolute Gasteiger partial charge is 0.354 e. The average molecular weight is 421 g/mol. The minimum absolute atomic E-state index is 0.0785. The number of carbonyl (C=O) groups excluding carboxylic acids is 1. The van der Waals surface area contributed by atoms with Crippen LogP contribution in [0.4, 0.5) is 11.4 Å². The predicted octanol–water partition coefficient (Wildman–Crippen LogP) is 4.03. The molecule has 0 spiro atoms. The third kappa shape index (κ3) is 4.19. The van der Waals surface area contributed by atoms with Crippen LogP contribution in [0.2, 0.25) is 0 Å². The number of anilines is 2. The first-order valence-corrected chi connectivity index (χ1v) is 10.5. The molecule has 0 bridgehead atoms. The number of aromatic amines is 1. The summed E-state index contributed by atoms with van der Waals surface area (Å²) < 4.78 is 0.975. The molecule has 4 aromatic rings. The van der Waals surface area contributed by atoms with Gasteiger partial charge in [0.2, 0.25) is 0 Å². The smallest absolute Gasteiger partial charge is 0.263 e. The molecule has 30 heavy (non-hydrogen) atoms. The van der Waals surface area contributed by atoms with Crippen molar-refractivity contribution in [2.75, 3.05) is 32.5 Å². The molecule has 0 aliphatic carbocycles. The predicted molar refractivity (Wildman–Crippen MR) is 123 cm³/mol. The molecule has 3 aromatic heterocycles. The summed E-state index contributed by atoms with van der Waals surface area (Å²) in [6.45, 7) is 3.41. The number of H-pyrrole nitrogens is 1. The zero-order chi connectivity index (χ0) is 21.1. The lowest BCUT2D eigenvalue weighted by Crippen LogP contribution is -2.31. The van der Waals surface area contributed by atoms with Crippen LogP contribution in [0.5, 0.6) is 0 Å². The lowest BCUT2D eigenvalue weighted by molar-refractivity contribution is 0.0956. The van der Waals surface area contributed by atoms with Gasteiger partial charge in [0.15, 0.2) is 0 Å². The number of likely N-dealkylation sites (N-methyl/N-ethyl adjacent to an activating group) is 1. The number of carbonyl (C=O) groups is 1. The van der Waals surface area contributed by atoms with E-state index in [0.717, 1.165) is 44.8 Å². The molecule has 0 fully saturated rings. The van der Waals surface area contributed by atoms with E-state index in [1.807, 2.05) is 62.4 Å². The summed E-state index contributed by atoms with van der Waals surface area (Å²) in [5, 5.41) is 14.6. The summed E-state index contributed by atoms with van der Waals surface area (Å²) in [5.41, 5.74) is 4.90. The van der Waals surface area contributed by atoms with Crippen LogP contribution in [0.15, 0.2) is 48.9 Å². The first-order chi connectivity index (χ1) is 14.5. The second-order valence-electron chi connectivity index (χ2n) is 7.37. The number of nitrogens with zero attached hydrogens (tertiary/aromatic N) is 3. The van der Waals surface area contributed by atoms with Crippen LogP contribution in [0.25, 0.3) is 21.3 Å². The van der Waals surface area contributed by atoms with Crippen LogP contribution in [0.1, 0.15) is 15.2 Å². The minimum atomic E-state index is -0.0785. The van der Waals surface area contributed by atoms with Crippen molar-refractivity contribution in [3.8, 4) is 11.3 Å². The molecule has 1 aromatic carbocycles. The number of aromatic nitrogens is 3. The Morgan fingerprint density at radius 3 is 2.67 bits per heavy atom. The number of fused-ring (bicyclic) bond motifs is 1. The fourth-order valence-electron chi connectivity index (χ4n) is 3.21. The average Bonchev–Trinajstić information content (AvgIpc) is 3.32. The van der Waals surface area contributed by atoms with Gasteiger partial charge in [-0.05, 0) is 50.3 Å². The van der Waals surface area contributed by atoms with Crippen molar-refractivity contribution in [3.05, 3.63) is 59.4 Å². The number of nitrogens with one attached hydrogen (secondary N) is 3. The Balaban J connectivity index is 1.61. The van der Waals surface area contributed by atoms with Gasteiger partial charge in [-0.3, -0.25) is 14.9 Å². The van der Waals surface area contributed by atoms with Crippen molar-refractivity contribution < 1.29 is 4.79 Å². The van der Waals surface area contributed by atoms with E-state index >= 15 is 0 Å². The summed E-state index contributed by atoms with van der Waals surface area (Å²) in [5.74, 6) is -0.0785. The minimum Gasteiger partial charge on any atom is -0.354 e. The maximum absolute atomic E-state index is 12.9. The van der Waals surface area contributed by atoms with Gasteiger partial charge in [0, 0.05) is 36.6 Å². The summed E-state index contributed by atoms with van der Waals surface area (Å²) in [6.07, 6.45) is 5.36. The van der Waals surface area contributed by atoms with Gasteiger partial charge in [-0.25, -0.2) is 0 Å². The number of benzene rings is 1. The van der Waals surface area contributed by atoms with Gasteiger partial charge in [-0.2, -0.15) is 5.10 Å². The fraction of sp³-hybridized carbons (Fsp3) is 0.227. The van der Waals surface area contributed by atoms with Crippen LogP contribution < -0.4 is 10.6 Å². The molecular formula is C22H24N6OS. The first kappa shape index (κ1) is 20.1. The van der Waals surface area contributed by atoms with Gasteiger partial charge in [-0.15, -0.1) is 11.3 Å². The molecule has 0 saturated carbocycles. The lowest BCUT2D eigenvalue weighted by Gasteiger charge is -2.12. The van der Waals surface area contributed by atoms with E-state index in [4.69, 9.17) is 0 Å². The van der Waals surface area contributed by atoms with Gasteiger partial charge >= 0.3 is 0 Å². The third-order valence-electron chi connectivity index (χ3n) is 4.82. The monoisotopic (exact) mass is 420 g/mol. The number of amides is 1. The fourth-order valence-corrected chi connectivity index (χ4v) is 4.25. The molecule has 3 heterocycles. The molecule has 3 N–H and O–H groups in total. The third-order valence-corrected chi connectivity index (χ3v) is 5.95. The molecular weight excluding hydrogens is 396 g/mol. The molecule has 0 unspecified atom stereocenters. The first-order valence-electron chi connectivity index (χ1n) is 9.70. The Morgan fingerprint density at radius 2 is 1.97 bits per heavy atom. The van der Waals surface area contributed by atoms with Crippen molar-refractivity contribution in [2.45, 2.75) is 6.92 Å². The number of rotatable bonds is 7. The van der Waals surface area contributed by atoms with Crippen molar-refractivity contribution in [3.63, 3.8) is 0 Å². The Hall–Kier alpha value is -3.23. The molecule has 7 nitrogen and oxygen atoms in total. The van der Waals surface area contributed by atoms with Gasteiger partial charge in [0.05, 0.1) is 22.3 Å². The molecule has 0 aliphatic rings. The Bertz CT molecular complexity index is 1160. The highest BCUT2D eigenvalue weighted by Gasteiger charge is 2.19. The molecule has 0 aliphatic heterocycles. The molecule has 0 radical (unpaired) electrons. The van der Waals surface area contributed by atoms with Crippen LogP contribution in [-0.4, -0.2) is 53.2 Å². The van der Waals surface area contributed by atoms with Crippen molar-refractivity contribution in [1.82, 2.24) is 25.4 Å². The van der Waals surface area contributed by atoms with Gasteiger partial charge < -0.3 is 15.5 Å². The van der Waals surface area contributed by atoms with E-state index in [1.165, 1.54) is 11.3 Å². The van der Waals surface area contributed by atoms with Gasteiger partial charge in [0.25, 0.3) is 5.91 Å². The molecule has 1 amide bonds. The van der Waals surface area contributed by atoms with E-state index in [0.29, 0.717) is 11.4 Å². The summed E-state index contributed by atoms with van der Waals surface area (Å²) in [6, 6.07) is 10.0. The van der Waals surface area contributed by atoms with E-state index in [-0.39, 0.29) is 5.91 Å². The molecule has 8 heteroatoms. The molecule has 4 rings (SSSR count). The molecule has 0 atom stereocenters. The summed E-state index contributed by atoms with van der Waals surface area (Å²) in [7, 11) is 3.97. The van der Waals surface area contributed by atoms with Gasteiger partial charge in [0.1, 0.15) is 4.88 Å². The Labute approximate surface area is 179 Å². The second kappa shape index (κ2) is 8.64. The van der Waals surface area contributed by atoms with E-state index in [1.54, 1.807) is 12.4 Å². The van der Waals surface area contributed by atoms with Crippen molar-refractivity contribution >= 4 is 38.7 Å². The lowest BCUT2D eigenvalue weighted by atomic mass is 10.1. The highest BCUT2D eigenvalue weighted by molar-refractivity contribution is 7.21. The number of aryl methyl sites for hydroxylation is 1. The number of hydrogen-bond acceptors (Lipinski definition) is 6. The summed E-state index contributed by atoms with van der Waals surface area (Å²) >= 11 is 1.45. The molecule has 154 valence electrons. The van der Waals surface area contributed by atoms with E-state index in [2.05, 4.69) is 25.8 Å². The Morgan fingerprint density at radius 1 is 1.17 bits per heavy atom. The SMILES string of the molecule is Cc1cn[nH]c1-c1ccc(Nc2c(C(=O)NCCN(C)C)sc3cnccc23)cc1. The number of thiophene rings is 1. The van der Waals surface area contributed by atoms with Crippen LogP contribution in [0.3, 0.4) is 0 Å². The highest BCUT2D eigenvalue weighted by Crippen LogP contribution is 2.37. The summed E-state index contributed by atoms with van der Waals surface area (Å²) in [4.78, 5) is 19.8. The number of hydrogen-bond donors (Lipinski definition) is 3. The zero-order valence-corrected chi connectivity index (χ0v) is 18.0. The second-order valence-corrected chi connectivity index (χ2v) is 8.42. The van der Waals surface area contributed by atoms with Crippen molar-refractivity contribution in [1.29, 1.82) is 0 Å². The quantitative estimate of drug-likeness (QED) is 0.420. The maximum Gasteiger partial charge on any atom is 0.263 e. The Kier molecular flexibility index (Phi) is 5.78. The maximum atomic E-state index is 12.9. The van der Waals surface area contributed by atoms with E-state index in [9.17, 15) is 4.79 Å². The van der Waals surface area contributed by atoms with Crippen LogP contribution in [-0.2, 0) is 0 Å². The topological polar surface area (TPSA) is 85.9 Å². The standard InChI is InChI=1S/C22H24N6OS/c1-14-12-25-27-19(14)15-4-6-16(7-5-15)26-20-17-8-9-23-13-18(17)30-21(20)22(29)24-10-11-28(2)3/h4-9,12-13,26H,10-11H2,1-3H3,(H,24,29)(H,25,27). The van der Waals surface area contributed by atoms with Gasteiger partial charge in [-0.1, -0.05) is 12.1 Å². The molecule has 0 saturated heterocycles. The van der Waals surface area contributed by atoms with Crippen LogP contribution in [0, 0.1) is 6.92 Å². The highest BCUT2D eigenvalue weighted by atomic mass is 32.1. The zero-order valence-electron chi connectivity index (χ0n) is 17.2.